The van der Waals surface area contributed by atoms with Crippen LogP contribution in [-0.2, 0) is 9.63 Å². The lowest BCUT2D eigenvalue weighted by molar-refractivity contribution is -0.137. The molecule has 2 rings (SSSR count). The van der Waals surface area contributed by atoms with Crippen molar-refractivity contribution in [1.29, 1.82) is 0 Å². The SMILES string of the molecule is C/C(=N\OC(=O)/C=C/c1ccccc1)c1ccc(F)cc1. The van der Waals surface area contributed by atoms with Gasteiger partial charge in [0.1, 0.15) is 5.82 Å². The summed E-state index contributed by atoms with van der Waals surface area (Å²) < 4.78 is 12.8. The fourth-order valence-corrected chi connectivity index (χ4v) is 1.62. The van der Waals surface area contributed by atoms with E-state index in [2.05, 4.69) is 5.16 Å². The first-order chi connectivity index (χ1) is 10.1. The average Bonchev–Trinajstić information content (AvgIpc) is 2.52. The molecule has 0 heterocycles. The Bertz CT molecular complexity index is 661. The van der Waals surface area contributed by atoms with Crippen LogP contribution in [0, 0.1) is 5.82 Å². The van der Waals surface area contributed by atoms with Gasteiger partial charge in [0.15, 0.2) is 0 Å². The highest BCUT2D eigenvalue weighted by molar-refractivity contribution is 5.99. The van der Waals surface area contributed by atoms with Gasteiger partial charge in [-0.05, 0) is 36.3 Å². The van der Waals surface area contributed by atoms with E-state index in [1.807, 2.05) is 30.3 Å². The Morgan fingerprint density at radius 1 is 1.10 bits per heavy atom. The van der Waals surface area contributed by atoms with Crippen LogP contribution in [0.25, 0.3) is 6.08 Å². The molecule has 0 saturated heterocycles. The van der Waals surface area contributed by atoms with E-state index in [-0.39, 0.29) is 5.82 Å². The highest BCUT2D eigenvalue weighted by atomic mass is 19.1. The summed E-state index contributed by atoms with van der Waals surface area (Å²) in [6.07, 6.45) is 2.95. The minimum absolute atomic E-state index is 0.325. The molecule has 0 bridgehead atoms. The first kappa shape index (κ1) is 14.7. The molecule has 2 aromatic rings. The molecule has 0 N–H and O–H groups in total. The van der Waals surface area contributed by atoms with Gasteiger partial charge in [-0.1, -0.05) is 47.6 Å². The number of hydrogen-bond acceptors (Lipinski definition) is 3. The Hall–Kier alpha value is -2.75. The quantitative estimate of drug-likeness (QED) is 0.370. The van der Waals surface area contributed by atoms with E-state index >= 15 is 0 Å². The molecular formula is C17H14FNO2. The van der Waals surface area contributed by atoms with Crippen molar-refractivity contribution in [2.45, 2.75) is 6.92 Å². The third kappa shape index (κ3) is 4.69. The zero-order chi connectivity index (χ0) is 15.1. The summed E-state index contributed by atoms with van der Waals surface area (Å²) in [7, 11) is 0. The first-order valence-electron chi connectivity index (χ1n) is 6.40. The molecule has 0 fully saturated rings. The summed E-state index contributed by atoms with van der Waals surface area (Å²) >= 11 is 0. The second-order valence-electron chi connectivity index (χ2n) is 4.34. The van der Waals surface area contributed by atoms with Gasteiger partial charge < -0.3 is 4.84 Å². The fraction of sp³-hybridized carbons (Fsp3) is 0.0588. The highest BCUT2D eigenvalue weighted by Gasteiger charge is 2.01. The Morgan fingerprint density at radius 2 is 1.76 bits per heavy atom. The lowest BCUT2D eigenvalue weighted by atomic mass is 10.1. The van der Waals surface area contributed by atoms with Gasteiger partial charge in [-0.3, -0.25) is 0 Å². The summed E-state index contributed by atoms with van der Waals surface area (Å²) in [5.41, 5.74) is 2.08. The van der Waals surface area contributed by atoms with Crippen LogP contribution in [0.3, 0.4) is 0 Å². The van der Waals surface area contributed by atoms with Crippen LogP contribution < -0.4 is 0 Å². The van der Waals surface area contributed by atoms with Crippen LogP contribution >= 0.6 is 0 Å². The molecule has 0 atom stereocenters. The molecule has 3 nitrogen and oxygen atoms in total. The van der Waals surface area contributed by atoms with Gasteiger partial charge in [-0.2, -0.15) is 0 Å². The van der Waals surface area contributed by atoms with Crippen LogP contribution in [0.1, 0.15) is 18.1 Å². The summed E-state index contributed by atoms with van der Waals surface area (Å²) in [6, 6.07) is 15.2. The van der Waals surface area contributed by atoms with Crippen molar-refractivity contribution in [3.8, 4) is 0 Å². The molecule has 0 aromatic heterocycles. The van der Waals surface area contributed by atoms with Crippen molar-refractivity contribution in [2.24, 2.45) is 5.16 Å². The number of nitrogens with zero attached hydrogens (tertiary/aromatic N) is 1. The van der Waals surface area contributed by atoms with E-state index in [1.54, 1.807) is 25.1 Å². The van der Waals surface area contributed by atoms with Crippen molar-refractivity contribution in [3.05, 3.63) is 77.6 Å². The normalized spacial score (nSPS) is 11.6. The second kappa shape index (κ2) is 7.14. The maximum atomic E-state index is 12.8. The van der Waals surface area contributed by atoms with E-state index < -0.39 is 5.97 Å². The lowest BCUT2D eigenvalue weighted by Crippen LogP contribution is -2.00. The minimum Gasteiger partial charge on any atom is -0.313 e. The number of oxime groups is 1. The summed E-state index contributed by atoms with van der Waals surface area (Å²) in [5, 5.41) is 3.73. The predicted molar refractivity (Wildman–Crippen MR) is 80.2 cm³/mol. The third-order valence-corrected chi connectivity index (χ3v) is 2.75. The van der Waals surface area contributed by atoms with Gasteiger partial charge in [0, 0.05) is 6.08 Å². The largest absolute Gasteiger partial charge is 0.358 e. The molecule has 0 amide bonds. The minimum atomic E-state index is -0.569. The van der Waals surface area contributed by atoms with Gasteiger partial charge in [0.05, 0.1) is 5.71 Å². The average molecular weight is 283 g/mol. The zero-order valence-electron chi connectivity index (χ0n) is 11.5. The Kier molecular flexibility index (Phi) is 4.99. The van der Waals surface area contributed by atoms with E-state index in [9.17, 15) is 9.18 Å². The number of carbonyl (C=O) groups is 1. The number of benzene rings is 2. The summed E-state index contributed by atoms with van der Waals surface area (Å²) in [5.74, 6) is -0.894. The fourth-order valence-electron chi connectivity index (χ4n) is 1.62. The zero-order valence-corrected chi connectivity index (χ0v) is 11.5. The first-order valence-corrected chi connectivity index (χ1v) is 6.40. The molecule has 21 heavy (non-hydrogen) atoms. The van der Waals surface area contributed by atoms with Gasteiger partial charge in [0.2, 0.25) is 0 Å². The maximum absolute atomic E-state index is 12.8. The Balaban J connectivity index is 1.95. The lowest BCUT2D eigenvalue weighted by Gasteiger charge is -1.99. The van der Waals surface area contributed by atoms with Crippen molar-refractivity contribution in [2.75, 3.05) is 0 Å². The molecule has 0 aliphatic carbocycles. The third-order valence-electron chi connectivity index (χ3n) is 2.75. The maximum Gasteiger partial charge on any atom is 0.358 e. The topological polar surface area (TPSA) is 38.7 Å². The van der Waals surface area contributed by atoms with Crippen LogP contribution in [0.2, 0.25) is 0 Å². The number of carbonyl (C=O) groups excluding carboxylic acids is 1. The van der Waals surface area contributed by atoms with E-state index in [1.165, 1.54) is 18.2 Å². The van der Waals surface area contributed by atoms with Crippen LogP contribution in [0.5, 0.6) is 0 Å². The number of halogens is 1. The molecule has 0 aliphatic heterocycles. The van der Waals surface area contributed by atoms with Crippen molar-refractivity contribution >= 4 is 17.8 Å². The molecular weight excluding hydrogens is 269 g/mol. The predicted octanol–water partition coefficient (Wildman–Crippen LogP) is 3.81. The number of hydrogen-bond donors (Lipinski definition) is 0. The summed E-state index contributed by atoms with van der Waals surface area (Å²) in [4.78, 5) is 16.3. The molecule has 4 heteroatoms. The van der Waals surface area contributed by atoms with Crippen molar-refractivity contribution < 1.29 is 14.0 Å². The highest BCUT2D eigenvalue weighted by Crippen LogP contribution is 2.05. The Labute approximate surface area is 122 Å². The van der Waals surface area contributed by atoms with Gasteiger partial charge >= 0.3 is 5.97 Å². The molecule has 0 radical (unpaired) electrons. The van der Waals surface area contributed by atoms with E-state index in [4.69, 9.17) is 4.84 Å². The van der Waals surface area contributed by atoms with Crippen molar-refractivity contribution in [3.63, 3.8) is 0 Å². The molecule has 106 valence electrons. The van der Waals surface area contributed by atoms with Gasteiger partial charge in [-0.15, -0.1) is 0 Å². The molecule has 0 spiro atoms. The second-order valence-corrected chi connectivity index (χ2v) is 4.34. The monoisotopic (exact) mass is 283 g/mol. The molecule has 2 aromatic carbocycles. The van der Waals surface area contributed by atoms with E-state index in [0.717, 1.165) is 5.56 Å². The standard InChI is InChI=1S/C17H14FNO2/c1-13(15-8-10-16(18)11-9-15)19-21-17(20)12-7-14-5-3-2-4-6-14/h2-12H,1H3/b12-7+,19-13+. The Morgan fingerprint density at radius 3 is 2.43 bits per heavy atom. The van der Waals surface area contributed by atoms with Gasteiger partial charge in [-0.25, -0.2) is 9.18 Å². The van der Waals surface area contributed by atoms with Crippen LogP contribution in [-0.4, -0.2) is 11.7 Å². The van der Waals surface area contributed by atoms with E-state index in [0.29, 0.717) is 11.3 Å². The van der Waals surface area contributed by atoms with Gasteiger partial charge in [0.25, 0.3) is 0 Å². The molecule has 0 saturated carbocycles. The van der Waals surface area contributed by atoms with Crippen LogP contribution in [0.4, 0.5) is 4.39 Å². The smallest absolute Gasteiger partial charge is 0.313 e. The molecule has 0 aliphatic rings. The summed E-state index contributed by atoms with van der Waals surface area (Å²) in [6.45, 7) is 1.68. The number of rotatable bonds is 4. The van der Waals surface area contributed by atoms with Crippen molar-refractivity contribution in [1.82, 2.24) is 0 Å². The molecule has 0 unspecified atom stereocenters. The van der Waals surface area contributed by atoms with Crippen LogP contribution in [0.15, 0.2) is 65.8 Å².